The number of benzene rings is 2. The highest BCUT2D eigenvalue weighted by Crippen LogP contribution is 2.41. The first-order valence-corrected chi connectivity index (χ1v) is 9.57. The van der Waals surface area contributed by atoms with Gasteiger partial charge in [0.15, 0.2) is 11.6 Å². The highest BCUT2D eigenvalue weighted by Gasteiger charge is 2.36. The minimum absolute atomic E-state index is 0.139. The Hall–Kier alpha value is -3.61. The number of anilines is 1. The fourth-order valence-corrected chi connectivity index (χ4v) is 4.02. The predicted octanol–water partition coefficient (Wildman–Crippen LogP) is 3.68. The lowest BCUT2D eigenvalue weighted by molar-refractivity contribution is -0.116. The Labute approximate surface area is 167 Å². The van der Waals surface area contributed by atoms with E-state index in [1.54, 1.807) is 30.0 Å². The van der Waals surface area contributed by atoms with Gasteiger partial charge in [-0.1, -0.05) is 24.3 Å². The molecule has 5 rings (SSSR count). The van der Waals surface area contributed by atoms with Crippen LogP contribution in [-0.4, -0.2) is 32.8 Å². The van der Waals surface area contributed by atoms with Crippen molar-refractivity contribution in [2.24, 2.45) is 0 Å². The van der Waals surface area contributed by atoms with Gasteiger partial charge in [0.25, 0.3) is 0 Å². The Morgan fingerprint density at radius 3 is 2.76 bits per heavy atom. The van der Waals surface area contributed by atoms with Crippen molar-refractivity contribution in [3.63, 3.8) is 0 Å². The number of ketones is 1. The largest absolute Gasteiger partial charge is 0.508 e. The number of nitrogens with one attached hydrogen (secondary N) is 1. The number of rotatable bonds is 3. The molecule has 29 heavy (non-hydrogen) atoms. The predicted molar refractivity (Wildman–Crippen MR) is 108 cm³/mol. The van der Waals surface area contributed by atoms with Crippen LogP contribution in [0, 0.1) is 0 Å². The monoisotopic (exact) mass is 388 g/mol. The first-order valence-electron chi connectivity index (χ1n) is 9.57. The average molecular weight is 388 g/mol. The maximum atomic E-state index is 12.8. The van der Waals surface area contributed by atoms with Crippen LogP contribution in [-0.2, 0) is 4.79 Å². The summed E-state index contributed by atoms with van der Waals surface area (Å²) >= 11 is 0. The number of aromatic hydroxyl groups is 1. The number of phenolic OH excluding ortho intramolecular Hbond substituents is 1. The van der Waals surface area contributed by atoms with Crippen LogP contribution in [0.3, 0.4) is 0 Å². The van der Waals surface area contributed by atoms with Gasteiger partial charge in [-0.05, 0) is 42.7 Å². The first-order chi connectivity index (χ1) is 14.1. The van der Waals surface area contributed by atoms with Gasteiger partial charge in [0.1, 0.15) is 17.5 Å². The van der Waals surface area contributed by atoms with Crippen molar-refractivity contribution in [3.8, 4) is 22.9 Å². The Kier molecular flexibility index (Phi) is 4.08. The van der Waals surface area contributed by atoms with E-state index in [2.05, 4.69) is 10.3 Å². The molecule has 2 N–H and O–H groups in total. The summed E-state index contributed by atoms with van der Waals surface area (Å²) < 4.78 is 7.04. The molecule has 0 saturated heterocycles. The van der Waals surface area contributed by atoms with E-state index in [9.17, 15) is 9.90 Å². The Morgan fingerprint density at radius 1 is 1.17 bits per heavy atom. The van der Waals surface area contributed by atoms with Gasteiger partial charge in [-0.2, -0.15) is 4.98 Å². The molecule has 1 atom stereocenters. The number of hydrogen-bond donors (Lipinski definition) is 2. The van der Waals surface area contributed by atoms with E-state index in [4.69, 9.17) is 9.84 Å². The summed E-state index contributed by atoms with van der Waals surface area (Å²) in [5.41, 5.74) is 3.33. The number of fused-ring (bicyclic) bond motifs is 1. The first kappa shape index (κ1) is 17.5. The molecule has 2 aliphatic rings. The quantitative estimate of drug-likeness (QED) is 0.711. The topological polar surface area (TPSA) is 89.3 Å². The molecule has 2 heterocycles. The van der Waals surface area contributed by atoms with Gasteiger partial charge in [-0.15, -0.1) is 5.10 Å². The number of ether oxygens (including phenoxy) is 1. The van der Waals surface area contributed by atoms with Gasteiger partial charge >= 0.3 is 0 Å². The molecule has 0 unspecified atom stereocenters. The van der Waals surface area contributed by atoms with Crippen molar-refractivity contribution < 1.29 is 14.6 Å². The summed E-state index contributed by atoms with van der Waals surface area (Å²) in [5.74, 6) is 2.14. The van der Waals surface area contributed by atoms with Crippen molar-refractivity contribution >= 4 is 11.7 Å². The van der Waals surface area contributed by atoms with E-state index in [1.807, 2.05) is 30.3 Å². The zero-order valence-corrected chi connectivity index (χ0v) is 15.9. The molecule has 0 spiro atoms. The van der Waals surface area contributed by atoms with Crippen molar-refractivity contribution in [2.75, 3.05) is 12.4 Å². The second kappa shape index (κ2) is 6.77. The molecule has 2 aromatic carbocycles. The summed E-state index contributed by atoms with van der Waals surface area (Å²) in [7, 11) is 1.63. The molecular weight excluding hydrogens is 368 g/mol. The Bertz CT molecular complexity index is 1130. The molecule has 1 aromatic heterocycles. The summed E-state index contributed by atoms with van der Waals surface area (Å²) in [6, 6.07) is 14.2. The molecule has 0 radical (unpaired) electrons. The average Bonchev–Trinajstić information content (AvgIpc) is 3.16. The van der Waals surface area contributed by atoms with Gasteiger partial charge < -0.3 is 15.2 Å². The van der Waals surface area contributed by atoms with Gasteiger partial charge in [0.05, 0.1) is 7.11 Å². The van der Waals surface area contributed by atoms with Crippen LogP contribution in [0.25, 0.3) is 11.4 Å². The highest BCUT2D eigenvalue weighted by molar-refractivity contribution is 5.99. The van der Waals surface area contributed by atoms with E-state index in [-0.39, 0.29) is 17.6 Å². The number of Topliss-reactive ketones (excluding diaryl/α,β-unsaturated/α-hetero) is 1. The van der Waals surface area contributed by atoms with Crippen molar-refractivity contribution in [3.05, 3.63) is 65.4 Å². The minimum atomic E-state index is -0.349. The van der Waals surface area contributed by atoms with Crippen LogP contribution in [0.1, 0.15) is 30.9 Å². The number of nitrogens with zero attached hydrogens (tertiary/aromatic N) is 3. The molecule has 0 fully saturated rings. The minimum Gasteiger partial charge on any atom is -0.508 e. The highest BCUT2D eigenvalue weighted by atomic mass is 16.5. The number of phenols is 1. The van der Waals surface area contributed by atoms with Crippen LogP contribution in [0.2, 0.25) is 0 Å². The Morgan fingerprint density at radius 2 is 2.00 bits per heavy atom. The molecule has 3 aromatic rings. The third-order valence-corrected chi connectivity index (χ3v) is 5.40. The van der Waals surface area contributed by atoms with Crippen molar-refractivity contribution in [1.82, 2.24) is 14.8 Å². The fraction of sp³-hybridized carbons (Fsp3) is 0.227. The number of carbonyl (C=O) groups is 1. The van der Waals surface area contributed by atoms with Gasteiger partial charge in [0, 0.05) is 23.3 Å². The van der Waals surface area contributed by atoms with Gasteiger partial charge in [-0.25, -0.2) is 4.68 Å². The van der Waals surface area contributed by atoms with E-state index in [0.29, 0.717) is 23.8 Å². The van der Waals surface area contributed by atoms with Crippen LogP contribution in [0.15, 0.2) is 59.8 Å². The molecular formula is C22H20N4O3. The third kappa shape index (κ3) is 2.95. The zero-order chi connectivity index (χ0) is 20.0. The summed E-state index contributed by atoms with van der Waals surface area (Å²) in [6.45, 7) is 0. The summed E-state index contributed by atoms with van der Waals surface area (Å²) in [4.78, 5) is 17.5. The standard InChI is InChI=1S/C22H20N4O3/c1-29-16-10-8-13(9-11-16)20-19-17(6-3-7-18(19)28)23-22-24-21(25-26(20)22)14-4-2-5-15(27)12-14/h2,4-5,8-12,20,27H,3,6-7H2,1H3,(H,23,24,25)/t20-/m0/s1. The van der Waals surface area contributed by atoms with Crippen LogP contribution in [0.5, 0.6) is 11.5 Å². The molecule has 7 nitrogen and oxygen atoms in total. The van der Waals surface area contributed by atoms with Crippen LogP contribution < -0.4 is 10.1 Å². The number of carbonyl (C=O) groups excluding carboxylic acids is 1. The molecule has 0 saturated carbocycles. The number of aromatic nitrogens is 3. The van der Waals surface area contributed by atoms with Crippen LogP contribution >= 0.6 is 0 Å². The van der Waals surface area contributed by atoms with E-state index < -0.39 is 0 Å². The smallest absolute Gasteiger partial charge is 0.226 e. The summed E-state index contributed by atoms with van der Waals surface area (Å²) in [5, 5.41) is 17.8. The molecule has 0 bridgehead atoms. The lowest BCUT2D eigenvalue weighted by Gasteiger charge is -2.32. The van der Waals surface area contributed by atoms with Crippen molar-refractivity contribution in [1.29, 1.82) is 0 Å². The maximum absolute atomic E-state index is 12.8. The zero-order valence-electron chi connectivity index (χ0n) is 15.9. The van der Waals surface area contributed by atoms with E-state index in [0.717, 1.165) is 35.4 Å². The third-order valence-electron chi connectivity index (χ3n) is 5.40. The summed E-state index contributed by atoms with van der Waals surface area (Å²) in [6.07, 6.45) is 2.17. The lowest BCUT2D eigenvalue weighted by atomic mass is 9.85. The lowest BCUT2D eigenvalue weighted by Crippen LogP contribution is -2.31. The van der Waals surface area contributed by atoms with Gasteiger partial charge in [0.2, 0.25) is 5.95 Å². The molecule has 1 aliphatic carbocycles. The van der Waals surface area contributed by atoms with E-state index in [1.165, 1.54) is 0 Å². The second-order valence-corrected chi connectivity index (χ2v) is 7.22. The molecule has 1 aliphatic heterocycles. The molecule has 7 heteroatoms. The number of methoxy groups -OCH3 is 1. The molecule has 146 valence electrons. The SMILES string of the molecule is COc1ccc([C@H]2C3=C(CCCC3=O)Nc3nc(-c4cccc(O)c4)nn32)cc1. The van der Waals surface area contributed by atoms with Crippen LogP contribution in [0.4, 0.5) is 5.95 Å². The normalized spacial score (nSPS) is 18.1. The number of allylic oxidation sites excluding steroid dienone is 2. The fourth-order valence-electron chi connectivity index (χ4n) is 4.02. The Balaban J connectivity index is 1.66. The second-order valence-electron chi connectivity index (χ2n) is 7.22. The maximum Gasteiger partial charge on any atom is 0.226 e. The number of hydrogen-bond acceptors (Lipinski definition) is 6. The molecule has 0 amide bonds. The van der Waals surface area contributed by atoms with Gasteiger partial charge in [-0.3, -0.25) is 4.79 Å². The van der Waals surface area contributed by atoms with E-state index >= 15 is 0 Å². The van der Waals surface area contributed by atoms with Crippen molar-refractivity contribution in [2.45, 2.75) is 25.3 Å².